The minimum Gasteiger partial charge on any atom is -0.365 e. The molecule has 14 heavy (non-hydrogen) atoms. The first-order chi connectivity index (χ1) is 6.84. The van der Waals surface area contributed by atoms with E-state index in [1.165, 1.54) is 10.5 Å². The van der Waals surface area contributed by atoms with E-state index >= 15 is 0 Å². The highest BCUT2D eigenvalue weighted by molar-refractivity contribution is 7.99. The number of rotatable bonds is 2. The molecule has 0 aliphatic carbocycles. The quantitative estimate of drug-likeness (QED) is 0.805. The number of hydrogen-bond donors (Lipinski definition) is 1. The van der Waals surface area contributed by atoms with E-state index in [9.17, 15) is 0 Å². The van der Waals surface area contributed by atoms with Gasteiger partial charge >= 0.3 is 0 Å². The lowest BCUT2D eigenvalue weighted by Crippen LogP contribution is -2.36. The number of nitrogens with one attached hydrogen (secondary N) is 1. The molecule has 1 aliphatic rings. The van der Waals surface area contributed by atoms with Crippen LogP contribution >= 0.6 is 11.8 Å². The molecule has 1 fully saturated rings. The van der Waals surface area contributed by atoms with Crippen molar-refractivity contribution in [2.75, 3.05) is 19.7 Å². The summed E-state index contributed by atoms with van der Waals surface area (Å²) in [5, 5.41) is 3.32. The van der Waals surface area contributed by atoms with Crippen molar-refractivity contribution < 1.29 is 4.74 Å². The van der Waals surface area contributed by atoms with Crippen LogP contribution in [0.25, 0.3) is 0 Å². The third-order valence-corrected chi connectivity index (χ3v) is 3.24. The molecule has 0 amide bonds. The van der Waals surface area contributed by atoms with Crippen LogP contribution in [0, 0.1) is 6.92 Å². The van der Waals surface area contributed by atoms with Crippen LogP contribution in [-0.2, 0) is 4.74 Å². The largest absolute Gasteiger partial charge is 0.365 e. The molecule has 1 unspecified atom stereocenters. The van der Waals surface area contributed by atoms with E-state index in [0.717, 1.165) is 19.7 Å². The molecule has 3 heteroatoms. The summed E-state index contributed by atoms with van der Waals surface area (Å²) in [7, 11) is 0. The molecule has 1 saturated heterocycles. The summed E-state index contributed by atoms with van der Waals surface area (Å²) in [6, 6.07) is 8.54. The van der Waals surface area contributed by atoms with Crippen molar-refractivity contribution in [3.63, 3.8) is 0 Å². The summed E-state index contributed by atoms with van der Waals surface area (Å²) in [5.41, 5.74) is 1.57. The maximum atomic E-state index is 5.62. The van der Waals surface area contributed by atoms with Crippen molar-refractivity contribution in [2.24, 2.45) is 0 Å². The predicted molar refractivity (Wildman–Crippen MR) is 59.6 cm³/mol. The molecule has 1 aromatic rings. The average molecular weight is 209 g/mol. The van der Waals surface area contributed by atoms with Gasteiger partial charge in [-0.25, -0.2) is 0 Å². The van der Waals surface area contributed by atoms with Crippen LogP contribution < -0.4 is 5.32 Å². The molecule has 0 spiro atoms. The number of ether oxygens (including phenoxy) is 1. The van der Waals surface area contributed by atoms with Gasteiger partial charge in [0.2, 0.25) is 0 Å². The lowest BCUT2D eigenvalue weighted by Gasteiger charge is -2.22. The standard InChI is InChI=1S/C11H15NOS/c1-9-3-2-4-10(7-9)14-11-8-12-5-6-13-11/h2-4,7,11-12H,5-6,8H2,1H3. The zero-order valence-electron chi connectivity index (χ0n) is 8.32. The van der Waals surface area contributed by atoms with Gasteiger partial charge < -0.3 is 10.1 Å². The second-order valence-corrected chi connectivity index (χ2v) is 4.67. The van der Waals surface area contributed by atoms with Crippen LogP contribution in [0.1, 0.15) is 5.56 Å². The zero-order valence-corrected chi connectivity index (χ0v) is 9.14. The number of benzene rings is 1. The molecular weight excluding hydrogens is 194 g/mol. The van der Waals surface area contributed by atoms with Gasteiger partial charge in [0.25, 0.3) is 0 Å². The van der Waals surface area contributed by atoms with Crippen molar-refractivity contribution in [3.8, 4) is 0 Å². The smallest absolute Gasteiger partial charge is 0.120 e. The van der Waals surface area contributed by atoms with E-state index in [0.29, 0.717) is 0 Å². The van der Waals surface area contributed by atoms with Crippen LogP contribution in [0.3, 0.4) is 0 Å². The Labute approximate surface area is 89.0 Å². The minimum absolute atomic E-state index is 0.269. The van der Waals surface area contributed by atoms with Crippen LogP contribution in [0.15, 0.2) is 29.2 Å². The van der Waals surface area contributed by atoms with Gasteiger partial charge in [-0.1, -0.05) is 29.5 Å². The molecule has 0 saturated carbocycles. The maximum Gasteiger partial charge on any atom is 0.120 e. The Balaban J connectivity index is 1.95. The third kappa shape index (κ3) is 2.74. The van der Waals surface area contributed by atoms with Gasteiger partial charge in [-0.15, -0.1) is 0 Å². The summed E-state index contributed by atoms with van der Waals surface area (Å²) in [6.07, 6.45) is 0. The van der Waals surface area contributed by atoms with E-state index in [1.807, 2.05) is 0 Å². The molecular formula is C11H15NOS. The Kier molecular flexibility index (Phi) is 3.45. The number of morpholine rings is 1. The Morgan fingerprint density at radius 2 is 2.43 bits per heavy atom. The van der Waals surface area contributed by atoms with Crippen LogP contribution in [0.2, 0.25) is 0 Å². The van der Waals surface area contributed by atoms with Crippen LogP contribution in [0.4, 0.5) is 0 Å². The first kappa shape index (κ1) is 10.0. The zero-order chi connectivity index (χ0) is 9.80. The first-order valence-corrected chi connectivity index (χ1v) is 5.78. The fourth-order valence-corrected chi connectivity index (χ4v) is 2.54. The minimum atomic E-state index is 0.269. The first-order valence-electron chi connectivity index (χ1n) is 4.90. The maximum absolute atomic E-state index is 5.62. The van der Waals surface area contributed by atoms with Gasteiger partial charge in [-0.05, 0) is 19.1 Å². The van der Waals surface area contributed by atoms with Crippen molar-refractivity contribution in [2.45, 2.75) is 17.3 Å². The molecule has 1 N–H and O–H groups in total. The molecule has 1 heterocycles. The lowest BCUT2D eigenvalue weighted by atomic mass is 10.2. The molecule has 76 valence electrons. The number of hydrogen-bond acceptors (Lipinski definition) is 3. The summed E-state index contributed by atoms with van der Waals surface area (Å²) in [4.78, 5) is 1.29. The Morgan fingerprint density at radius 1 is 1.50 bits per heavy atom. The highest BCUT2D eigenvalue weighted by Gasteiger charge is 2.14. The predicted octanol–water partition coefficient (Wildman–Crippen LogP) is 2.03. The monoisotopic (exact) mass is 209 g/mol. The van der Waals surface area contributed by atoms with Gasteiger partial charge in [-0.3, -0.25) is 0 Å². The molecule has 0 aromatic heterocycles. The van der Waals surface area contributed by atoms with Crippen molar-refractivity contribution in [3.05, 3.63) is 29.8 Å². The van der Waals surface area contributed by atoms with Crippen molar-refractivity contribution in [1.82, 2.24) is 5.32 Å². The Hall–Kier alpha value is -0.510. The molecule has 0 bridgehead atoms. The van der Waals surface area contributed by atoms with Crippen LogP contribution in [-0.4, -0.2) is 25.1 Å². The van der Waals surface area contributed by atoms with Crippen molar-refractivity contribution >= 4 is 11.8 Å². The summed E-state index contributed by atoms with van der Waals surface area (Å²) in [5.74, 6) is 0. The topological polar surface area (TPSA) is 21.3 Å². The molecule has 1 aromatic carbocycles. The number of thioether (sulfide) groups is 1. The SMILES string of the molecule is Cc1cccc(SC2CNCCO2)c1. The fourth-order valence-electron chi connectivity index (χ4n) is 1.46. The van der Waals surface area contributed by atoms with E-state index in [4.69, 9.17) is 4.74 Å². The van der Waals surface area contributed by atoms with E-state index < -0.39 is 0 Å². The molecule has 2 rings (SSSR count). The average Bonchev–Trinajstić information content (AvgIpc) is 2.19. The van der Waals surface area contributed by atoms with Gasteiger partial charge in [-0.2, -0.15) is 0 Å². The Bertz CT molecular complexity index is 297. The van der Waals surface area contributed by atoms with Gasteiger partial charge in [0.05, 0.1) is 6.61 Å². The number of aryl methyl sites for hydroxylation is 1. The highest BCUT2D eigenvalue weighted by Crippen LogP contribution is 2.25. The molecule has 1 atom stereocenters. The highest BCUT2D eigenvalue weighted by atomic mass is 32.2. The van der Waals surface area contributed by atoms with Gasteiger partial charge in [0.15, 0.2) is 0 Å². The third-order valence-electron chi connectivity index (χ3n) is 2.15. The second kappa shape index (κ2) is 4.82. The van der Waals surface area contributed by atoms with Gasteiger partial charge in [0.1, 0.15) is 5.44 Å². The van der Waals surface area contributed by atoms with E-state index in [2.05, 4.69) is 36.5 Å². The summed E-state index contributed by atoms with van der Waals surface area (Å²) < 4.78 is 5.62. The normalized spacial score (nSPS) is 22.2. The van der Waals surface area contributed by atoms with Gasteiger partial charge in [0, 0.05) is 18.0 Å². The van der Waals surface area contributed by atoms with E-state index in [1.54, 1.807) is 11.8 Å². The summed E-state index contributed by atoms with van der Waals surface area (Å²) >= 11 is 1.79. The molecule has 2 nitrogen and oxygen atoms in total. The van der Waals surface area contributed by atoms with Crippen molar-refractivity contribution in [1.29, 1.82) is 0 Å². The fraction of sp³-hybridized carbons (Fsp3) is 0.455. The van der Waals surface area contributed by atoms with Crippen LogP contribution in [0.5, 0.6) is 0 Å². The van der Waals surface area contributed by atoms with E-state index in [-0.39, 0.29) is 5.44 Å². The molecule has 1 aliphatic heterocycles. The molecule has 0 radical (unpaired) electrons. The Morgan fingerprint density at radius 3 is 3.14 bits per heavy atom. The second-order valence-electron chi connectivity index (χ2n) is 3.44. The summed E-state index contributed by atoms with van der Waals surface area (Å²) in [6.45, 7) is 4.86. The lowest BCUT2D eigenvalue weighted by molar-refractivity contribution is 0.0853.